The fourth-order valence-corrected chi connectivity index (χ4v) is 1.13. The number of hydrogen-bond donors (Lipinski definition) is 1. The zero-order valence-electron chi connectivity index (χ0n) is 6.86. The van der Waals surface area contributed by atoms with Gasteiger partial charge in [0.15, 0.2) is 0 Å². The molecule has 2 heterocycles. The van der Waals surface area contributed by atoms with Crippen molar-refractivity contribution in [3.8, 4) is 0 Å². The highest BCUT2D eigenvalue weighted by molar-refractivity contribution is 5.40. The summed E-state index contributed by atoms with van der Waals surface area (Å²) in [5, 5.41) is 0. The van der Waals surface area contributed by atoms with Crippen molar-refractivity contribution < 1.29 is 0 Å². The lowest BCUT2D eigenvalue weighted by molar-refractivity contribution is 1.02. The van der Waals surface area contributed by atoms with Crippen LogP contribution in [-0.4, -0.2) is 14.4 Å². The van der Waals surface area contributed by atoms with Crippen molar-refractivity contribution in [2.24, 2.45) is 0 Å². The summed E-state index contributed by atoms with van der Waals surface area (Å²) in [6.07, 6.45) is 6.55. The van der Waals surface area contributed by atoms with Crippen LogP contribution in [-0.2, 0) is 6.42 Å². The molecule has 4 heteroatoms. The van der Waals surface area contributed by atoms with Crippen molar-refractivity contribution in [3.05, 3.63) is 24.2 Å². The molecule has 0 saturated carbocycles. The molecule has 0 aliphatic heterocycles. The van der Waals surface area contributed by atoms with Gasteiger partial charge in [-0.15, -0.1) is 0 Å². The average molecular weight is 162 g/mol. The molecule has 2 aromatic rings. The molecule has 0 unspecified atom stereocenters. The van der Waals surface area contributed by atoms with Crippen LogP contribution >= 0.6 is 0 Å². The molecule has 0 bridgehead atoms. The molecule has 0 amide bonds. The molecule has 2 rings (SSSR count). The van der Waals surface area contributed by atoms with Crippen molar-refractivity contribution >= 4 is 11.6 Å². The summed E-state index contributed by atoms with van der Waals surface area (Å²) < 4.78 is 1.84. The number of aryl methyl sites for hydroxylation is 1. The summed E-state index contributed by atoms with van der Waals surface area (Å²) >= 11 is 0. The zero-order chi connectivity index (χ0) is 8.55. The first-order chi connectivity index (χ1) is 5.79. The second kappa shape index (κ2) is 2.48. The van der Waals surface area contributed by atoms with E-state index in [0.29, 0.717) is 11.6 Å². The Kier molecular flexibility index (Phi) is 1.46. The van der Waals surface area contributed by atoms with E-state index in [1.807, 2.05) is 16.8 Å². The number of nitrogen functional groups attached to an aromatic ring is 1. The van der Waals surface area contributed by atoms with Crippen LogP contribution < -0.4 is 5.73 Å². The summed E-state index contributed by atoms with van der Waals surface area (Å²) in [5.41, 5.74) is 6.69. The van der Waals surface area contributed by atoms with Crippen LogP contribution in [0.25, 0.3) is 5.78 Å². The molecule has 2 aromatic heterocycles. The Morgan fingerprint density at radius 1 is 1.50 bits per heavy atom. The van der Waals surface area contributed by atoms with Gasteiger partial charge in [-0.1, -0.05) is 6.92 Å². The minimum atomic E-state index is 0.510. The van der Waals surface area contributed by atoms with E-state index in [-0.39, 0.29) is 0 Å². The third-order valence-corrected chi connectivity index (χ3v) is 1.79. The lowest BCUT2D eigenvalue weighted by atomic mass is 10.3. The standard InChI is InChI=1S/C8H10N4/c1-2-6-3-10-8-11-7(9)5-12(8)4-6/h3-5H,2,9H2,1H3. The van der Waals surface area contributed by atoms with Gasteiger partial charge in [-0.05, 0) is 12.0 Å². The maximum atomic E-state index is 5.51. The van der Waals surface area contributed by atoms with Crippen LogP contribution in [0.3, 0.4) is 0 Å². The lowest BCUT2D eigenvalue weighted by Gasteiger charge is -1.95. The minimum Gasteiger partial charge on any atom is -0.382 e. The Labute approximate surface area is 70.1 Å². The first kappa shape index (κ1) is 7.09. The number of rotatable bonds is 1. The molecule has 62 valence electrons. The van der Waals surface area contributed by atoms with Crippen molar-refractivity contribution in [1.29, 1.82) is 0 Å². The van der Waals surface area contributed by atoms with E-state index in [1.165, 1.54) is 5.56 Å². The van der Waals surface area contributed by atoms with E-state index < -0.39 is 0 Å². The van der Waals surface area contributed by atoms with Gasteiger partial charge in [-0.2, -0.15) is 4.98 Å². The fraction of sp³-hybridized carbons (Fsp3) is 0.250. The Morgan fingerprint density at radius 2 is 2.33 bits per heavy atom. The third-order valence-electron chi connectivity index (χ3n) is 1.79. The van der Waals surface area contributed by atoms with Crippen LogP contribution in [0.5, 0.6) is 0 Å². The molecule has 0 radical (unpaired) electrons. The van der Waals surface area contributed by atoms with Gasteiger partial charge in [0.2, 0.25) is 5.78 Å². The Balaban J connectivity index is 2.66. The predicted molar refractivity (Wildman–Crippen MR) is 46.8 cm³/mol. The molecule has 0 spiro atoms. The number of hydrogen-bond acceptors (Lipinski definition) is 3. The monoisotopic (exact) mass is 162 g/mol. The van der Waals surface area contributed by atoms with E-state index >= 15 is 0 Å². The van der Waals surface area contributed by atoms with Gasteiger partial charge >= 0.3 is 0 Å². The maximum Gasteiger partial charge on any atom is 0.235 e. The van der Waals surface area contributed by atoms with Crippen LogP contribution in [0.4, 0.5) is 5.82 Å². The topological polar surface area (TPSA) is 56.2 Å². The van der Waals surface area contributed by atoms with Gasteiger partial charge in [0.1, 0.15) is 5.82 Å². The molecule has 4 nitrogen and oxygen atoms in total. The molecule has 0 aliphatic rings. The molecule has 12 heavy (non-hydrogen) atoms. The van der Waals surface area contributed by atoms with Crippen LogP contribution in [0.1, 0.15) is 12.5 Å². The number of fused-ring (bicyclic) bond motifs is 1. The number of nitrogens with zero attached hydrogens (tertiary/aromatic N) is 3. The van der Waals surface area contributed by atoms with Crippen molar-refractivity contribution in [3.63, 3.8) is 0 Å². The highest BCUT2D eigenvalue weighted by atomic mass is 15.1. The first-order valence-corrected chi connectivity index (χ1v) is 3.88. The number of anilines is 1. The van der Waals surface area contributed by atoms with Crippen LogP contribution in [0.15, 0.2) is 18.6 Å². The predicted octanol–water partition coefficient (Wildman–Crippen LogP) is 0.874. The molecule has 2 N–H and O–H groups in total. The van der Waals surface area contributed by atoms with Gasteiger partial charge < -0.3 is 5.73 Å². The van der Waals surface area contributed by atoms with E-state index in [2.05, 4.69) is 16.9 Å². The number of aromatic nitrogens is 3. The number of nitrogens with two attached hydrogens (primary N) is 1. The Morgan fingerprint density at radius 3 is 3.08 bits per heavy atom. The van der Waals surface area contributed by atoms with Gasteiger partial charge in [0.05, 0.1) is 6.20 Å². The minimum absolute atomic E-state index is 0.510. The second-order valence-corrected chi connectivity index (χ2v) is 2.69. The smallest absolute Gasteiger partial charge is 0.235 e. The SMILES string of the molecule is CCc1cnc2nc(N)cn2c1. The highest BCUT2D eigenvalue weighted by Crippen LogP contribution is 2.05. The molecular weight excluding hydrogens is 152 g/mol. The normalized spacial score (nSPS) is 10.8. The average Bonchev–Trinajstić information content (AvgIpc) is 2.43. The van der Waals surface area contributed by atoms with E-state index in [9.17, 15) is 0 Å². The Hall–Kier alpha value is -1.58. The van der Waals surface area contributed by atoms with Crippen molar-refractivity contribution in [2.45, 2.75) is 13.3 Å². The number of imidazole rings is 1. The van der Waals surface area contributed by atoms with Crippen molar-refractivity contribution in [1.82, 2.24) is 14.4 Å². The third kappa shape index (κ3) is 1.01. The summed E-state index contributed by atoms with van der Waals surface area (Å²) in [4.78, 5) is 8.16. The second-order valence-electron chi connectivity index (χ2n) is 2.69. The van der Waals surface area contributed by atoms with Gasteiger partial charge in [0, 0.05) is 12.4 Å². The summed E-state index contributed by atoms with van der Waals surface area (Å²) in [6.45, 7) is 2.09. The first-order valence-electron chi connectivity index (χ1n) is 3.88. The van der Waals surface area contributed by atoms with Gasteiger partial charge in [-0.3, -0.25) is 4.40 Å². The molecule has 0 atom stereocenters. The van der Waals surface area contributed by atoms with Crippen molar-refractivity contribution in [2.75, 3.05) is 5.73 Å². The quantitative estimate of drug-likeness (QED) is 0.677. The van der Waals surface area contributed by atoms with E-state index in [0.717, 1.165) is 6.42 Å². The van der Waals surface area contributed by atoms with E-state index in [4.69, 9.17) is 5.73 Å². The molecule has 0 aromatic carbocycles. The highest BCUT2D eigenvalue weighted by Gasteiger charge is 1.98. The maximum absolute atomic E-state index is 5.51. The summed E-state index contributed by atoms with van der Waals surface area (Å²) in [7, 11) is 0. The molecule has 0 aliphatic carbocycles. The zero-order valence-corrected chi connectivity index (χ0v) is 6.86. The molecule has 0 fully saturated rings. The van der Waals surface area contributed by atoms with Crippen LogP contribution in [0, 0.1) is 0 Å². The van der Waals surface area contributed by atoms with Gasteiger partial charge in [0.25, 0.3) is 0 Å². The van der Waals surface area contributed by atoms with E-state index in [1.54, 1.807) is 6.20 Å². The molecule has 0 saturated heterocycles. The van der Waals surface area contributed by atoms with Gasteiger partial charge in [-0.25, -0.2) is 4.98 Å². The lowest BCUT2D eigenvalue weighted by Crippen LogP contribution is -1.90. The van der Waals surface area contributed by atoms with Crippen LogP contribution in [0.2, 0.25) is 0 Å². The summed E-state index contributed by atoms with van der Waals surface area (Å²) in [6, 6.07) is 0. The Bertz CT molecular complexity index is 404. The largest absolute Gasteiger partial charge is 0.382 e. The fourth-order valence-electron chi connectivity index (χ4n) is 1.13. The summed E-state index contributed by atoms with van der Waals surface area (Å²) in [5.74, 6) is 1.17. The molecular formula is C8H10N4.